The van der Waals surface area contributed by atoms with Gasteiger partial charge in [0, 0.05) is 6.20 Å². The van der Waals surface area contributed by atoms with Gasteiger partial charge in [0.1, 0.15) is 0 Å². The van der Waals surface area contributed by atoms with Gasteiger partial charge >= 0.3 is 6.18 Å². The van der Waals surface area contributed by atoms with E-state index in [0.717, 1.165) is 12.3 Å². The molecule has 0 aromatic carbocycles. The minimum atomic E-state index is -4.29. The number of rotatable bonds is 0. The molecule has 2 nitrogen and oxygen atoms in total. The van der Waals surface area contributed by atoms with E-state index in [9.17, 15) is 13.2 Å². The molecule has 3 N–H and O–H groups in total. The SMILES string of the molecule is NC1C=CC(C(F)(F)F)=CN1. The lowest BCUT2D eigenvalue weighted by Gasteiger charge is -2.15. The Balaban J connectivity index is 2.71. The summed E-state index contributed by atoms with van der Waals surface area (Å²) in [6.45, 7) is 0. The van der Waals surface area contributed by atoms with Crippen molar-refractivity contribution in [2.75, 3.05) is 0 Å². The number of nitrogens with two attached hydrogens (primary N) is 1. The van der Waals surface area contributed by atoms with Crippen molar-refractivity contribution in [1.29, 1.82) is 0 Å². The number of allylic oxidation sites excluding steroid dienone is 2. The van der Waals surface area contributed by atoms with Crippen LogP contribution in [0.5, 0.6) is 0 Å². The maximum absolute atomic E-state index is 11.9. The first-order valence-corrected chi connectivity index (χ1v) is 2.97. The van der Waals surface area contributed by atoms with Gasteiger partial charge in [-0.2, -0.15) is 13.2 Å². The van der Waals surface area contributed by atoms with Crippen LogP contribution in [0.4, 0.5) is 13.2 Å². The molecule has 1 rings (SSSR count). The summed E-state index contributed by atoms with van der Waals surface area (Å²) < 4.78 is 35.6. The lowest BCUT2D eigenvalue weighted by atomic mass is 10.2. The van der Waals surface area contributed by atoms with E-state index in [1.807, 2.05) is 0 Å². The summed E-state index contributed by atoms with van der Waals surface area (Å²) >= 11 is 0. The molecule has 0 saturated heterocycles. The Kier molecular flexibility index (Phi) is 1.90. The third kappa shape index (κ3) is 1.98. The lowest BCUT2D eigenvalue weighted by Crippen LogP contribution is -2.34. The van der Waals surface area contributed by atoms with E-state index in [0.29, 0.717) is 0 Å². The molecule has 1 aliphatic heterocycles. The Morgan fingerprint density at radius 3 is 2.45 bits per heavy atom. The molecular weight excluding hydrogens is 157 g/mol. The third-order valence-corrected chi connectivity index (χ3v) is 1.24. The van der Waals surface area contributed by atoms with Crippen LogP contribution >= 0.6 is 0 Å². The first-order valence-electron chi connectivity index (χ1n) is 2.97. The number of dihydropyridines is 1. The summed E-state index contributed by atoms with van der Waals surface area (Å²) in [5.74, 6) is 0. The smallest absolute Gasteiger partial charge is 0.372 e. The van der Waals surface area contributed by atoms with Crippen LogP contribution in [0.1, 0.15) is 0 Å². The Morgan fingerprint density at radius 2 is 2.09 bits per heavy atom. The van der Waals surface area contributed by atoms with Crippen LogP contribution in [0.3, 0.4) is 0 Å². The van der Waals surface area contributed by atoms with Crippen molar-refractivity contribution in [2.24, 2.45) is 5.73 Å². The van der Waals surface area contributed by atoms with Crippen LogP contribution in [-0.2, 0) is 0 Å². The second-order valence-corrected chi connectivity index (χ2v) is 2.15. The van der Waals surface area contributed by atoms with Crippen molar-refractivity contribution < 1.29 is 13.2 Å². The number of halogens is 3. The Bertz CT molecular complexity index is 204. The number of hydrogen-bond donors (Lipinski definition) is 2. The van der Waals surface area contributed by atoms with Gasteiger partial charge < -0.3 is 11.1 Å². The molecule has 0 fully saturated rings. The predicted octanol–water partition coefficient (Wildman–Crippen LogP) is 0.877. The molecule has 0 spiro atoms. The molecule has 0 amide bonds. The second kappa shape index (κ2) is 2.58. The first-order chi connectivity index (χ1) is 5.00. The van der Waals surface area contributed by atoms with E-state index in [-0.39, 0.29) is 0 Å². The van der Waals surface area contributed by atoms with Crippen molar-refractivity contribution in [3.8, 4) is 0 Å². The van der Waals surface area contributed by atoms with Crippen molar-refractivity contribution in [1.82, 2.24) is 5.32 Å². The molecule has 62 valence electrons. The van der Waals surface area contributed by atoms with Gasteiger partial charge in [-0.3, -0.25) is 0 Å². The topological polar surface area (TPSA) is 38.0 Å². The summed E-state index contributed by atoms with van der Waals surface area (Å²) in [5, 5.41) is 2.35. The van der Waals surface area contributed by atoms with Gasteiger partial charge in [0.2, 0.25) is 0 Å². The standard InChI is InChI=1S/C6H7F3N2/c7-6(8,9)4-1-2-5(10)11-3-4/h1-3,5,11H,10H2. The zero-order valence-electron chi connectivity index (χ0n) is 5.52. The molecule has 1 aliphatic rings. The van der Waals surface area contributed by atoms with Crippen molar-refractivity contribution in [2.45, 2.75) is 12.3 Å². The highest BCUT2D eigenvalue weighted by molar-refractivity contribution is 5.27. The summed E-state index contributed by atoms with van der Waals surface area (Å²) in [4.78, 5) is 0. The molecule has 0 aliphatic carbocycles. The maximum atomic E-state index is 11.9. The lowest BCUT2D eigenvalue weighted by molar-refractivity contribution is -0.0888. The van der Waals surface area contributed by atoms with Gasteiger partial charge in [0.15, 0.2) is 0 Å². The molecule has 1 heterocycles. The minimum absolute atomic E-state index is 0.513. The fourth-order valence-corrected chi connectivity index (χ4v) is 0.673. The van der Waals surface area contributed by atoms with Gasteiger partial charge in [-0.1, -0.05) is 0 Å². The van der Waals surface area contributed by atoms with Gasteiger partial charge in [0.05, 0.1) is 11.7 Å². The van der Waals surface area contributed by atoms with Crippen LogP contribution in [0.25, 0.3) is 0 Å². The van der Waals surface area contributed by atoms with Gasteiger partial charge in [-0.15, -0.1) is 0 Å². The highest BCUT2D eigenvalue weighted by atomic mass is 19.4. The zero-order chi connectivity index (χ0) is 8.48. The summed E-state index contributed by atoms with van der Waals surface area (Å²) in [7, 11) is 0. The van der Waals surface area contributed by atoms with Crippen LogP contribution in [0.15, 0.2) is 23.9 Å². The van der Waals surface area contributed by atoms with Crippen LogP contribution in [0.2, 0.25) is 0 Å². The zero-order valence-corrected chi connectivity index (χ0v) is 5.52. The fraction of sp³-hybridized carbons (Fsp3) is 0.333. The average Bonchev–Trinajstić information content (AvgIpc) is 1.86. The number of alkyl halides is 3. The summed E-state index contributed by atoms with van der Waals surface area (Å²) in [6.07, 6.45) is -1.72. The quantitative estimate of drug-likeness (QED) is 0.557. The largest absolute Gasteiger partial charge is 0.417 e. The van der Waals surface area contributed by atoms with Crippen LogP contribution in [-0.4, -0.2) is 12.3 Å². The molecular formula is C6H7F3N2. The molecule has 0 saturated carbocycles. The second-order valence-electron chi connectivity index (χ2n) is 2.15. The monoisotopic (exact) mass is 164 g/mol. The Hall–Kier alpha value is -0.970. The van der Waals surface area contributed by atoms with E-state index in [2.05, 4.69) is 5.32 Å². The molecule has 11 heavy (non-hydrogen) atoms. The van der Waals surface area contributed by atoms with Gasteiger partial charge in [0.25, 0.3) is 0 Å². The maximum Gasteiger partial charge on any atom is 0.417 e. The third-order valence-electron chi connectivity index (χ3n) is 1.24. The summed E-state index contributed by atoms with van der Waals surface area (Å²) in [6, 6.07) is 0. The highest BCUT2D eigenvalue weighted by Crippen LogP contribution is 2.26. The number of hydrogen-bond acceptors (Lipinski definition) is 2. The Labute approximate surface area is 61.6 Å². The molecule has 0 radical (unpaired) electrons. The van der Waals surface area contributed by atoms with Crippen molar-refractivity contribution in [3.05, 3.63) is 23.9 Å². The van der Waals surface area contributed by atoms with Gasteiger partial charge in [-0.25, -0.2) is 0 Å². The molecule has 1 unspecified atom stereocenters. The average molecular weight is 164 g/mol. The van der Waals surface area contributed by atoms with E-state index < -0.39 is 17.9 Å². The fourth-order valence-electron chi connectivity index (χ4n) is 0.673. The normalized spacial score (nSPS) is 24.4. The molecule has 0 aromatic heterocycles. The van der Waals surface area contributed by atoms with Crippen LogP contribution in [0, 0.1) is 0 Å². The van der Waals surface area contributed by atoms with Crippen molar-refractivity contribution >= 4 is 0 Å². The molecule has 0 aromatic rings. The first kappa shape index (κ1) is 8.13. The number of nitrogens with one attached hydrogen (secondary N) is 1. The van der Waals surface area contributed by atoms with E-state index in [1.54, 1.807) is 0 Å². The predicted molar refractivity (Wildman–Crippen MR) is 34.4 cm³/mol. The van der Waals surface area contributed by atoms with Crippen LogP contribution < -0.4 is 11.1 Å². The van der Waals surface area contributed by atoms with E-state index in [1.165, 1.54) is 6.08 Å². The van der Waals surface area contributed by atoms with E-state index >= 15 is 0 Å². The summed E-state index contributed by atoms with van der Waals surface area (Å²) in [5.41, 5.74) is 4.52. The minimum Gasteiger partial charge on any atom is -0.372 e. The van der Waals surface area contributed by atoms with Crippen molar-refractivity contribution in [3.63, 3.8) is 0 Å². The Morgan fingerprint density at radius 1 is 1.45 bits per heavy atom. The molecule has 0 bridgehead atoms. The molecule has 1 atom stereocenters. The molecule has 5 heteroatoms. The van der Waals surface area contributed by atoms with Gasteiger partial charge in [-0.05, 0) is 12.2 Å². The highest BCUT2D eigenvalue weighted by Gasteiger charge is 2.32. The van der Waals surface area contributed by atoms with E-state index in [4.69, 9.17) is 5.73 Å².